The number of likely N-dealkylation sites (tertiary alicyclic amines) is 1. The van der Waals surface area contributed by atoms with Crippen LogP contribution in [-0.4, -0.2) is 38.4 Å². The number of carbonyl (C=O) groups excluding carboxylic acids is 2. The Balaban J connectivity index is 1.60. The molecule has 2 N–H and O–H groups in total. The van der Waals surface area contributed by atoms with Crippen molar-refractivity contribution in [1.29, 1.82) is 0 Å². The van der Waals surface area contributed by atoms with Crippen molar-refractivity contribution in [2.75, 3.05) is 11.9 Å². The third kappa shape index (κ3) is 3.25. The van der Waals surface area contributed by atoms with Crippen molar-refractivity contribution in [1.82, 2.24) is 20.1 Å². The summed E-state index contributed by atoms with van der Waals surface area (Å²) < 4.78 is 0. The lowest BCUT2D eigenvalue weighted by Crippen LogP contribution is -2.28. The van der Waals surface area contributed by atoms with E-state index >= 15 is 0 Å². The predicted octanol–water partition coefficient (Wildman–Crippen LogP) is 1.45. The van der Waals surface area contributed by atoms with Gasteiger partial charge in [-0.15, -0.1) is 0 Å². The summed E-state index contributed by atoms with van der Waals surface area (Å²) in [6.07, 6.45) is 1.51. The second-order valence-corrected chi connectivity index (χ2v) is 5.56. The van der Waals surface area contributed by atoms with Crippen LogP contribution in [0.3, 0.4) is 0 Å². The fourth-order valence-corrected chi connectivity index (χ4v) is 2.52. The molecule has 1 aromatic carbocycles. The molecule has 1 aromatic heterocycles. The van der Waals surface area contributed by atoms with Crippen LogP contribution in [0.15, 0.2) is 30.6 Å². The molecule has 1 fully saturated rings. The van der Waals surface area contributed by atoms with Gasteiger partial charge in [-0.1, -0.05) is 23.7 Å². The van der Waals surface area contributed by atoms with Crippen molar-refractivity contribution in [3.05, 3.63) is 41.2 Å². The molecule has 0 spiro atoms. The van der Waals surface area contributed by atoms with E-state index in [-0.39, 0.29) is 30.1 Å². The first kappa shape index (κ1) is 14.5. The largest absolute Gasteiger partial charge is 0.338 e. The Bertz CT molecular complexity index is 671. The normalized spacial score (nSPS) is 17.8. The third-order valence-electron chi connectivity index (χ3n) is 3.53. The number of aromatic amines is 1. The van der Waals surface area contributed by atoms with Gasteiger partial charge in [0.1, 0.15) is 6.33 Å². The van der Waals surface area contributed by atoms with Gasteiger partial charge < -0.3 is 4.90 Å². The van der Waals surface area contributed by atoms with Gasteiger partial charge in [0, 0.05) is 24.5 Å². The van der Waals surface area contributed by atoms with Gasteiger partial charge in [0.15, 0.2) is 0 Å². The second-order valence-electron chi connectivity index (χ2n) is 5.13. The zero-order valence-electron chi connectivity index (χ0n) is 11.6. The van der Waals surface area contributed by atoms with E-state index in [0.717, 1.165) is 5.56 Å². The van der Waals surface area contributed by atoms with E-state index in [1.807, 2.05) is 12.1 Å². The Labute approximate surface area is 131 Å². The fraction of sp³-hybridized carbons (Fsp3) is 0.286. The highest BCUT2D eigenvalue weighted by atomic mass is 35.5. The molecule has 3 rings (SSSR count). The minimum absolute atomic E-state index is 0.0346. The quantitative estimate of drug-likeness (QED) is 0.892. The number of nitrogens with one attached hydrogen (secondary N) is 2. The standard InChI is InChI=1S/C14H14ClN5O2/c15-11-3-1-9(2-4-11)6-20-7-10(5-12(20)21)13(22)18-14-16-8-17-19-14/h1-4,8,10H,5-7H2,(H2,16,17,18,19,22)/t10-/m0/s1. The van der Waals surface area contributed by atoms with Crippen LogP contribution in [0.5, 0.6) is 0 Å². The number of carbonyl (C=O) groups is 2. The Morgan fingerprint density at radius 2 is 2.18 bits per heavy atom. The van der Waals surface area contributed by atoms with Crippen molar-refractivity contribution in [2.45, 2.75) is 13.0 Å². The molecule has 8 heteroatoms. The van der Waals surface area contributed by atoms with E-state index in [1.54, 1.807) is 17.0 Å². The van der Waals surface area contributed by atoms with E-state index < -0.39 is 0 Å². The predicted molar refractivity (Wildman–Crippen MR) is 80.0 cm³/mol. The van der Waals surface area contributed by atoms with E-state index in [9.17, 15) is 9.59 Å². The number of rotatable bonds is 4. The van der Waals surface area contributed by atoms with Gasteiger partial charge in [0.25, 0.3) is 0 Å². The van der Waals surface area contributed by atoms with E-state index in [4.69, 9.17) is 11.6 Å². The van der Waals surface area contributed by atoms with Gasteiger partial charge in [-0.2, -0.15) is 10.1 Å². The lowest BCUT2D eigenvalue weighted by molar-refractivity contribution is -0.128. The van der Waals surface area contributed by atoms with Crippen molar-refractivity contribution in [3.8, 4) is 0 Å². The number of amides is 2. The first-order valence-electron chi connectivity index (χ1n) is 6.80. The number of anilines is 1. The summed E-state index contributed by atoms with van der Waals surface area (Å²) in [5, 5.41) is 9.48. The molecule has 0 bridgehead atoms. The maximum atomic E-state index is 12.1. The summed E-state index contributed by atoms with van der Waals surface area (Å²) in [5.41, 5.74) is 0.981. The topological polar surface area (TPSA) is 91.0 Å². The molecule has 0 aliphatic carbocycles. The molecule has 1 atom stereocenters. The highest BCUT2D eigenvalue weighted by molar-refractivity contribution is 6.30. The second kappa shape index (κ2) is 6.15. The minimum atomic E-state index is -0.384. The number of hydrogen-bond acceptors (Lipinski definition) is 4. The van der Waals surface area contributed by atoms with E-state index in [1.165, 1.54) is 6.33 Å². The van der Waals surface area contributed by atoms with Gasteiger partial charge in [0.05, 0.1) is 5.92 Å². The number of hydrogen-bond donors (Lipinski definition) is 2. The first-order valence-corrected chi connectivity index (χ1v) is 7.18. The lowest BCUT2D eigenvalue weighted by Gasteiger charge is -2.16. The molecule has 2 aromatic rings. The third-order valence-corrected chi connectivity index (χ3v) is 3.78. The number of aromatic nitrogens is 3. The van der Waals surface area contributed by atoms with Crippen LogP contribution in [0.2, 0.25) is 5.02 Å². The first-order chi connectivity index (χ1) is 10.6. The Morgan fingerprint density at radius 1 is 1.41 bits per heavy atom. The van der Waals surface area contributed by atoms with Crippen molar-refractivity contribution >= 4 is 29.4 Å². The molecule has 1 aliphatic heterocycles. The van der Waals surface area contributed by atoms with Gasteiger partial charge in [-0.25, -0.2) is 5.10 Å². The average molecular weight is 320 g/mol. The minimum Gasteiger partial charge on any atom is -0.338 e. The van der Waals surface area contributed by atoms with Crippen LogP contribution in [0, 0.1) is 5.92 Å². The van der Waals surface area contributed by atoms with Gasteiger partial charge in [-0.3, -0.25) is 14.9 Å². The van der Waals surface area contributed by atoms with Crippen LogP contribution in [-0.2, 0) is 16.1 Å². The van der Waals surface area contributed by atoms with Gasteiger partial charge in [0.2, 0.25) is 17.8 Å². The molecule has 2 heterocycles. The maximum absolute atomic E-state index is 12.1. The summed E-state index contributed by atoms with van der Waals surface area (Å²) in [4.78, 5) is 29.7. The molecule has 0 radical (unpaired) electrons. The number of halogens is 1. The smallest absolute Gasteiger partial charge is 0.232 e. The SMILES string of the molecule is O=C(Nc1ncn[nH]1)[C@H]1CC(=O)N(Cc2ccc(Cl)cc2)C1. The van der Waals surface area contributed by atoms with Gasteiger partial charge >= 0.3 is 0 Å². The molecular weight excluding hydrogens is 306 g/mol. The summed E-state index contributed by atoms with van der Waals surface area (Å²) >= 11 is 5.84. The van der Waals surface area contributed by atoms with Gasteiger partial charge in [-0.05, 0) is 17.7 Å². The molecule has 1 aliphatic rings. The maximum Gasteiger partial charge on any atom is 0.232 e. The summed E-state index contributed by atoms with van der Waals surface area (Å²) in [7, 11) is 0. The molecule has 0 unspecified atom stereocenters. The lowest BCUT2D eigenvalue weighted by atomic mass is 10.1. The number of nitrogens with zero attached hydrogens (tertiary/aromatic N) is 3. The average Bonchev–Trinajstić information content (AvgIpc) is 3.12. The van der Waals surface area contributed by atoms with Crippen LogP contribution < -0.4 is 5.32 Å². The molecule has 7 nitrogen and oxygen atoms in total. The highest BCUT2D eigenvalue weighted by Crippen LogP contribution is 2.22. The summed E-state index contributed by atoms with van der Waals surface area (Å²) in [5.74, 6) is -0.366. The summed E-state index contributed by atoms with van der Waals surface area (Å²) in [6.45, 7) is 0.865. The fourth-order valence-electron chi connectivity index (χ4n) is 2.40. The molecule has 22 heavy (non-hydrogen) atoms. The van der Waals surface area contributed by atoms with Crippen LogP contribution in [0.4, 0.5) is 5.95 Å². The molecular formula is C14H14ClN5O2. The number of benzene rings is 1. The monoisotopic (exact) mass is 319 g/mol. The van der Waals surface area contributed by atoms with Crippen LogP contribution >= 0.6 is 11.6 Å². The molecule has 114 valence electrons. The number of H-pyrrole nitrogens is 1. The molecule has 1 saturated heterocycles. The van der Waals surface area contributed by atoms with Crippen molar-refractivity contribution in [3.63, 3.8) is 0 Å². The van der Waals surface area contributed by atoms with Crippen LogP contribution in [0.25, 0.3) is 0 Å². The molecule has 0 saturated carbocycles. The zero-order chi connectivity index (χ0) is 15.5. The molecule has 2 amide bonds. The van der Waals surface area contributed by atoms with E-state index in [2.05, 4.69) is 20.5 Å². The van der Waals surface area contributed by atoms with E-state index in [0.29, 0.717) is 18.1 Å². The van der Waals surface area contributed by atoms with Crippen molar-refractivity contribution < 1.29 is 9.59 Å². The highest BCUT2D eigenvalue weighted by Gasteiger charge is 2.34. The Morgan fingerprint density at radius 3 is 2.86 bits per heavy atom. The zero-order valence-corrected chi connectivity index (χ0v) is 12.4. The van der Waals surface area contributed by atoms with Crippen molar-refractivity contribution in [2.24, 2.45) is 5.92 Å². The summed E-state index contributed by atoms with van der Waals surface area (Å²) in [6, 6.07) is 7.31. The Hall–Kier alpha value is -2.41. The Kier molecular flexibility index (Phi) is 4.06. The van der Waals surface area contributed by atoms with Crippen LogP contribution in [0.1, 0.15) is 12.0 Å².